The van der Waals surface area contributed by atoms with Gasteiger partial charge in [0.1, 0.15) is 5.76 Å². The second-order valence-corrected chi connectivity index (χ2v) is 4.26. The van der Waals surface area contributed by atoms with E-state index in [1.165, 1.54) is 6.08 Å². The van der Waals surface area contributed by atoms with Crippen molar-refractivity contribution in [1.29, 1.82) is 0 Å². The Morgan fingerprint density at radius 1 is 1.14 bits per heavy atom. The van der Waals surface area contributed by atoms with Crippen LogP contribution in [0.5, 0.6) is 0 Å². The van der Waals surface area contributed by atoms with Crippen LogP contribution >= 0.6 is 0 Å². The molecule has 0 fully saturated rings. The lowest BCUT2D eigenvalue weighted by Crippen LogP contribution is -2.36. The number of hydrogen-bond acceptors (Lipinski definition) is 3. The Bertz CT molecular complexity index is 633. The number of carbonyl (C=O) groups excluding carboxylic acids is 2. The van der Waals surface area contributed by atoms with Crippen molar-refractivity contribution < 1.29 is 27.5 Å². The maximum absolute atomic E-state index is 12.3. The first-order chi connectivity index (χ1) is 9.79. The molecule has 4 nitrogen and oxygen atoms in total. The number of primary amides is 1. The van der Waals surface area contributed by atoms with Gasteiger partial charge in [-0.3, -0.25) is 9.59 Å². The summed E-state index contributed by atoms with van der Waals surface area (Å²) in [6, 6.07) is 8.25. The lowest BCUT2D eigenvalue weighted by Gasteiger charge is -2.22. The van der Waals surface area contributed by atoms with Gasteiger partial charge in [0.2, 0.25) is 5.91 Å². The fourth-order valence-electron chi connectivity index (χ4n) is 1.98. The first-order valence-electron chi connectivity index (χ1n) is 5.86. The topological polar surface area (TPSA) is 69.4 Å². The van der Waals surface area contributed by atoms with Crippen molar-refractivity contribution in [3.8, 4) is 0 Å². The maximum atomic E-state index is 12.3. The summed E-state index contributed by atoms with van der Waals surface area (Å²) in [5.41, 5.74) is 5.62. The monoisotopic (exact) mass is 297 g/mol. The van der Waals surface area contributed by atoms with E-state index in [1.54, 1.807) is 30.3 Å². The first-order valence-corrected chi connectivity index (χ1v) is 5.86. The molecule has 0 heterocycles. The molecule has 0 aromatic heterocycles. The largest absolute Gasteiger partial charge is 0.572 e. The Morgan fingerprint density at radius 3 is 2.29 bits per heavy atom. The second kappa shape index (κ2) is 5.43. The van der Waals surface area contributed by atoms with E-state index in [4.69, 9.17) is 5.73 Å². The van der Waals surface area contributed by atoms with E-state index < -0.39 is 29.7 Å². The Hall–Kier alpha value is -2.57. The highest BCUT2D eigenvalue weighted by molar-refractivity contribution is 6.29. The van der Waals surface area contributed by atoms with Crippen molar-refractivity contribution in [3.05, 3.63) is 53.8 Å². The van der Waals surface area contributed by atoms with Crippen molar-refractivity contribution in [2.75, 3.05) is 0 Å². The number of alkyl halides is 3. The summed E-state index contributed by atoms with van der Waals surface area (Å²) < 4.78 is 40.5. The molecule has 1 aromatic rings. The Labute approximate surface area is 117 Å². The number of carbonyl (C=O) groups is 2. The average molecular weight is 297 g/mol. The van der Waals surface area contributed by atoms with Gasteiger partial charge < -0.3 is 10.5 Å². The van der Waals surface area contributed by atoms with Gasteiger partial charge in [-0.1, -0.05) is 30.3 Å². The fourth-order valence-corrected chi connectivity index (χ4v) is 1.98. The summed E-state index contributed by atoms with van der Waals surface area (Å²) in [5, 5.41) is 0. The van der Waals surface area contributed by atoms with Gasteiger partial charge in [-0.25, -0.2) is 0 Å². The zero-order valence-corrected chi connectivity index (χ0v) is 10.6. The maximum Gasteiger partial charge on any atom is 0.572 e. The molecule has 0 spiro atoms. The molecular formula is C14H10F3NO3. The molecule has 1 aliphatic rings. The van der Waals surface area contributed by atoms with E-state index in [-0.39, 0.29) is 5.57 Å². The third-order valence-electron chi connectivity index (χ3n) is 2.83. The summed E-state index contributed by atoms with van der Waals surface area (Å²) in [6.45, 7) is 0. The van der Waals surface area contributed by atoms with E-state index in [2.05, 4.69) is 4.74 Å². The average Bonchev–Trinajstić information content (AvgIpc) is 2.37. The Balaban J connectivity index is 2.43. The highest BCUT2D eigenvalue weighted by atomic mass is 19.4. The third-order valence-corrected chi connectivity index (χ3v) is 2.83. The molecular weight excluding hydrogens is 287 g/mol. The lowest BCUT2D eigenvalue weighted by atomic mass is 9.87. The van der Waals surface area contributed by atoms with Gasteiger partial charge >= 0.3 is 6.36 Å². The minimum atomic E-state index is -5.00. The first kappa shape index (κ1) is 14.8. The molecule has 0 radical (unpaired) electrons. The molecule has 21 heavy (non-hydrogen) atoms. The van der Waals surface area contributed by atoms with Gasteiger partial charge in [0.25, 0.3) is 0 Å². The van der Waals surface area contributed by atoms with E-state index in [0.717, 1.165) is 6.08 Å². The molecule has 7 heteroatoms. The summed E-state index contributed by atoms with van der Waals surface area (Å²) in [6.07, 6.45) is -2.89. The number of halogens is 3. The molecule has 2 N–H and O–H groups in total. The predicted octanol–water partition coefficient (Wildman–Crippen LogP) is 2.17. The summed E-state index contributed by atoms with van der Waals surface area (Å²) in [4.78, 5) is 23.5. The van der Waals surface area contributed by atoms with Gasteiger partial charge in [-0.05, 0) is 17.7 Å². The highest BCUT2D eigenvalue weighted by Gasteiger charge is 2.41. The minimum Gasteiger partial charge on any atom is -0.409 e. The smallest absolute Gasteiger partial charge is 0.409 e. The Morgan fingerprint density at radius 2 is 1.76 bits per heavy atom. The molecule has 0 bridgehead atoms. The standard InChI is InChI=1S/C14H10F3NO3/c15-14(16,17)21-10-7-6-9(8-4-2-1-3-5-8)12(19)11(10)13(18)20/h1-7,11H,(H2,18,20). The van der Waals surface area contributed by atoms with Crippen LogP contribution in [-0.2, 0) is 14.3 Å². The molecule has 1 amide bonds. The number of ketones is 1. The van der Waals surface area contributed by atoms with Gasteiger partial charge in [-0.2, -0.15) is 0 Å². The van der Waals surface area contributed by atoms with Crippen LogP contribution in [0.15, 0.2) is 48.2 Å². The zero-order chi connectivity index (χ0) is 15.6. The summed E-state index contributed by atoms with van der Waals surface area (Å²) >= 11 is 0. The van der Waals surface area contributed by atoms with Gasteiger partial charge in [0, 0.05) is 5.57 Å². The quantitative estimate of drug-likeness (QED) is 0.869. The molecule has 0 aliphatic heterocycles. The van der Waals surface area contributed by atoms with Crippen molar-refractivity contribution in [1.82, 2.24) is 0 Å². The fraction of sp³-hybridized carbons (Fsp3) is 0.143. The van der Waals surface area contributed by atoms with Crippen LogP contribution < -0.4 is 5.73 Å². The van der Waals surface area contributed by atoms with Crippen molar-refractivity contribution in [2.24, 2.45) is 11.7 Å². The van der Waals surface area contributed by atoms with Crippen LogP contribution in [0, 0.1) is 5.92 Å². The molecule has 1 unspecified atom stereocenters. The van der Waals surface area contributed by atoms with Gasteiger partial charge in [0.15, 0.2) is 11.7 Å². The van der Waals surface area contributed by atoms with Crippen LogP contribution in [0.3, 0.4) is 0 Å². The second-order valence-electron chi connectivity index (χ2n) is 4.26. The molecule has 1 aliphatic carbocycles. The number of allylic oxidation sites excluding steroid dienone is 3. The van der Waals surface area contributed by atoms with Crippen LogP contribution in [0.1, 0.15) is 5.56 Å². The highest BCUT2D eigenvalue weighted by Crippen LogP contribution is 2.32. The summed E-state index contributed by atoms with van der Waals surface area (Å²) in [5.74, 6) is -4.63. The number of rotatable bonds is 3. The molecule has 0 saturated carbocycles. The SMILES string of the molecule is NC(=O)C1C(=O)C(c2ccccc2)=CC=C1OC(F)(F)F. The number of Topliss-reactive ketones (excluding diaryl/α,β-unsaturated/α-hetero) is 1. The lowest BCUT2D eigenvalue weighted by molar-refractivity contribution is -0.307. The van der Waals surface area contributed by atoms with Crippen LogP contribution in [0.25, 0.3) is 5.57 Å². The van der Waals surface area contributed by atoms with E-state index in [0.29, 0.717) is 5.56 Å². The van der Waals surface area contributed by atoms with E-state index in [9.17, 15) is 22.8 Å². The molecule has 0 saturated heterocycles. The number of amides is 1. The predicted molar refractivity (Wildman–Crippen MR) is 67.3 cm³/mol. The van der Waals surface area contributed by atoms with Crippen LogP contribution in [0.4, 0.5) is 13.2 Å². The number of hydrogen-bond donors (Lipinski definition) is 1. The summed E-state index contributed by atoms with van der Waals surface area (Å²) in [7, 11) is 0. The van der Waals surface area contributed by atoms with E-state index >= 15 is 0 Å². The van der Waals surface area contributed by atoms with Crippen molar-refractivity contribution >= 4 is 17.3 Å². The molecule has 1 aromatic carbocycles. The van der Waals surface area contributed by atoms with E-state index in [1.807, 2.05) is 0 Å². The van der Waals surface area contributed by atoms with Crippen LogP contribution in [0.2, 0.25) is 0 Å². The molecule has 2 rings (SSSR count). The normalized spacial score (nSPS) is 18.8. The Kier molecular flexibility index (Phi) is 3.84. The number of ether oxygens (including phenoxy) is 1. The number of nitrogens with two attached hydrogens (primary N) is 1. The molecule has 110 valence electrons. The van der Waals surface area contributed by atoms with Gasteiger partial charge in [-0.15, -0.1) is 13.2 Å². The molecule has 1 atom stereocenters. The zero-order valence-electron chi connectivity index (χ0n) is 10.6. The van der Waals surface area contributed by atoms with Crippen molar-refractivity contribution in [2.45, 2.75) is 6.36 Å². The minimum absolute atomic E-state index is 0.105. The third kappa shape index (κ3) is 3.31. The van der Waals surface area contributed by atoms with Crippen molar-refractivity contribution in [3.63, 3.8) is 0 Å². The number of benzene rings is 1. The van der Waals surface area contributed by atoms with Gasteiger partial charge in [0.05, 0.1) is 0 Å². The van der Waals surface area contributed by atoms with Crippen LogP contribution in [-0.4, -0.2) is 18.1 Å².